The van der Waals surface area contributed by atoms with Crippen LogP contribution in [0.5, 0.6) is 0 Å². The molecule has 2 aliphatic heterocycles. The second kappa shape index (κ2) is 9.88. The van der Waals surface area contributed by atoms with Gasteiger partial charge in [0.05, 0.1) is 0 Å². The number of hydrogen-bond acceptors (Lipinski definition) is 7. The van der Waals surface area contributed by atoms with E-state index in [9.17, 15) is 0 Å². The van der Waals surface area contributed by atoms with Crippen molar-refractivity contribution in [2.45, 2.75) is 45.6 Å². The molecule has 0 bridgehead atoms. The standard InChI is InChI=1S/C29H35N7/c1-21-13-17-36(18-14-21)29-32-26-25(28(33-29)35-15-6-3-7-16-35)30-20-31-27(26)34(2)19-23-11-8-10-22-9-4-5-12-24(22)23/h4-5,8-12,20-21H,3,6-7,13-19H2,1-2H3. The van der Waals surface area contributed by atoms with Crippen LogP contribution in [-0.4, -0.2) is 53.2 Å². The lowest BCUT2D eigenvalue weighted by atomic mass is 10.00. The van der Waals surface area contributed by atoms with Crippen molar-refractivity contribution >= 4 is 39.4 Å². The number of piperidine rings is 2. The van der Waals surface area contributed by atoms with Crippen molar-refractivity contribution in [3.05, 3.63) is 54.4 Å². The highest BCUT2D eigenvalue weighted by molar-refractivity contribution is 5.94. The van der Waals surface area contributed by atoms with Gasteiger partial charge in [0.25, 0.3) is 0 Å². The molecule has 7 nitrogen and oxygen atoms in total. The molecule has 4 heterocycles. The minimum absolute atomic E-state index is 0.743. The normalized spacial score (nSPS) is 17.2. The average Bonchev–Trinajstić information content (AvgIpc) is 2.93. The van der Waals surface area contributed by atoms with Gasteiger partial charge in [0.2, 0.25) is 5.95 Å². The SMILES string of the molecule is CC1CCN(c2nc(N3CCCCC3)c3ncnc(N(C)Cc4cccc5ccccc45)c3n2)CC1. The lowest BCUT2D eigenvalue weighted by Crippen LogP contribution is -2.35. The second-order valence-corrected chi connectivity index (χ2v) is 10.5. The van der Waals surface area contributed by atoms with Crippen molar-refractivity contribution in [1.29, 1.82) is 0 Å². The van der Waals surface area contributed by atoms with Crippen molar-refractivity contribution in [2.75, 3.05) is 47.9 Å². The quantitative estimate of drug-likeness (QED) is 0.376. The molecule has 7 heteroatoms. The minimum atomic E-state index is 0.743. The summed E-state index contributed by atoms with van der Waals surface area (Å²) in [4.78, 5) is 26.7. The van der Waals surface area contributed by atoms with Crippen molar-refractivity contribution in [3.8, 4) is 0 Å². The first kappa shape index (κ1) is 23.0. The average molecular weight is 482 g/mol. The Balaban J connectivity index is 1.43. The van der Waals surface area contributed by atoms with Crippen LogP contribution in [0.3, 0.4) is 0 Å². The van der Waals surface area contributed by atoms with Gasteiger partial charge >= 0.3 is 0 Å². The number of rotatable bonds is 5. The number of fused-ring (bicyclic) bond motifs is 2. The fourth-order valence-electron chi connectivity index (χ4n) is 5.63. The lowest BCUT2D eigenvalue weighted by Gasteiger charge is -2.33. The van der Waals surface area contributed by atoms with Gasteiger partial charge in [-0.2, -0.15) is 4.98 Å². The van der Waals surface area contributed by atoms with Crippen LogP contribution in [0.25, 0.3) is 21.8 Å². The van der Waals surface area contributed by atoms with Crippen LogP contribution in [-0.2, 0) is 6.54 Å². The number of nitrogens with zero attached hydrogens (tertiary/aromatic N) is 7. The first-order chi connectivity index (χ1) is 17.7. The van der Waals surface area contributed by atoms with E-state index in [1.54, 1.807) is 6.33 Å². The Kier molecular flexibility index (Phi) is 6.30. The van der Waals surface area contributed by atoms with E-state index in [2.05, 4.69) is 71.1 Å². The third kappa shape index (κ3) is 4.43. The Morgan fingerprint density at radius 2 is 1.61 bits per heavy atom. The maximum absolute atomic E-state index is 5.13. The fourth-order valence-corrected chi connectivity index (χ4v) is 5.63. The molecule has 0 amide bonds. The van der Waals surface area contributed by atoms with Crippen LogP contribution in [0.1, 0.15) is 44.6 Å². The van der Waals surface area contributed by atoms with Crippen molar-refractivity contribution < 1.29 is 0 Å². The summed E-state index contributed by atoms with van der Waals surface area (Å²) in [7, 11) is 2.11. The molecule has 0 atom stereocenters. The molecule has 186 valence electrons. The summed E-state index contributed by atoms with van der Waals surface area (Å²) < 4.78 is 0. The molecule has 0 unspecified atom stereocenters. The zero-order valence-corrected chi connectivity index (χ0v) is 21.4. The first-order valence-corrected chi connectivity index (χ1v) is 13.4. The molecular formula is C29H35N7. The monoisotopic (exact) mass is 481 g/mol. The number of benzene rings is 2. The van der Waals surface area contributed by atoms with Crippen LogP contribution in [0.15, 0.2) is 48.8 Å². The van der Waals surface area contributed by atoms with E-state index >= 15 is 0 Å². The number of anilines is 3. The summed E-state index contributed by atoms with van der Waals surface area (Å²) >= 11 is 0. The van der Waals surface area contributed by atoms with E-state index in [0.29, 0.717) is 0 Å². The van der Waals surface area contributed by atoms with Crippen molar-refractivity contribution in [3.63, 3.8) is 0 Å². The number of hydrogen-bond donors (Lipinski definition) is 0. The van der Waals surface area contributed by atoms with Gasteiger partial charge in [-0.3, -0.25) is 0 Å². The molecule has 2 aromatic carbocycles. The Hall–Kier alpha value is -3.48. The predicted molar refractivity (Wildman–Crippen MR) is 148 cm³/mol. The summed E-state index contributed by atoms with van der Waals surface area (Å²) in [6.07, 6.45) is 7.71. The molecule has 2 aromatic heterocycles. The largest absolute Gasteiger partial charge is 0.355 e. The van der Waals surface area contributed by atoms with Gasteiger partial charge in [-0.1, -0.05) is 49.4 Å². The molecule has 0 aliphatic carbocycles. The number of aromatic nitrogens is 4. The maximum atomic E-state index is 5.13. The van der Waals surface area contributed by atoms with Gasteiger partial charge in [-0.15, -0.1) is 0 Å². The fraction of sp³-hybridized carbons (Fsp3) is 0.448. The first-order valence-electron chi connectivity index (χ1n) is 13.4. The molecule has 2 fully saturated rings. The third-order valence-corrected chi connectivity index (χ3v) is 7.80. The second-order valence-electron chi connectivity index (χ2n) is 10.5. The Labute approximate surface area is 213 Å². The van der Waals surface area contributed by atoms with Gasteiger partial charge in [0.15, 0.2) is 11.6 Å². The molecular weight excluding hydrogens is 446 g/mol. The molecule has 0 saturated carbocycles. The molecule has 4 aromatic rings. The van der Waals surface area contributed by atoms with E-state index in [1.807, 2.05) is 0 Å². The van der Waals surface area contributed by atoms with Crippen molar-refractivity contribution in [1.82, 2.24) is 19.9 Å². The molecule has 0 N–H and O–H groups in total. The Bertz CT molecular complexity index is 1350. The predicted octanol–water partition coefficient (Wildman–Crippen LogP) is 5.44. The van der Waals surface area contributed by atoms with Gasteiger partial charge in [-0.25, -0.2) is 15.0 Å². The van der Waals surface area contributed by atoms with E-state index in [4.69, 9.17) is 19.9 Å². The lowest BCUT2D eigenvalue weighted by molar-refractivity contribution is 0.434. The summed E-state index contributed by atoms with van der Waals surface area (Å²) in [6.45, 7) is 7.13. The highest BCUT2D eigenvalue weighted by atomic mass is 15.3. The van der Waals surface area contributed by atoms with Crippen LogP contribution in [0, 0.1) is 5.92 Å². The summed E-state index contributed by atoms with van der Waals surface area (Å²) in [5.41, 5.74) is 2.99. The Morgan fingerprint density at radius 3 is 2.44 bits per heavy atom. The molecule has 2 aliphatic rings. The van der Waals surface area contributed by atoms with Crippen LogP contribution < -0.4 is 14.7 Å². The molecule has 36 heavy (non-hydrogen) atoms. The summed E-state index contributed by atoms with van der Waals surface area (Å²) in [6, 6.07) is 15.1. The maximum Gasteiger partial charge on any atom is 0.228 e. The molecule has 2 saturated heterocycles. The highest BCUT2D eigenvalue weighted by Gasteiger charge is 2.25. The van der Waals surface area contributed by atoms with E-state index in [-0.39, 0.29) is 0 Å². The third-order valence-electron chi connectivity index (χ3n) is 7.80. The summed E-state index contributed by atoms with van der Waals surface area (Å²) in [5.74, 6) is 3.41. The van der Waals surface area contributed by atoms with Crippen LogP contribution in [0.4, 0.5) is 17.6 Å². The topological polar surface area (TPSA) is 61.3 Å². The van der Waals surface area contributed by atoms with E-state index in [1.165, 1.54) is 48.4 Å². The van der Waals surface area contributed by atoms with Crippen LogP contribution in [0.2, 0.25) is 0 Å². The smallest absolute Gasteiger partial charge is 0.228 e. The Morgan fingerprint density at radius 1 is 0.833 bits per heavy atom. The van der Waals surface area contributed by atoms with Gasteiger partial charge in [0.1, 0.15) is 17.4 Å². The summed E-state index contributed by atoms with van der Waals surface area (Å²) in [5, 5.41) is 2.53. The minimum Gasteiger partial charge on any atom is -0.355 e. The molecule has 6 rings (SSSR count). The highest BCUT2D eigenvalue weighted by Crippen LogP contribution is 2.33. The van der Waals surface area contributed by atoms with E-state index in [0.717, 1.165) is 67.3 Å². The zero-order chi connectivity index (χ0) is 24.5. The van der Waals surface area contributed by atoms with Gasteiger partial charge in [0, 0.05) is 39.8 Å². The molecule has 0 spiro atoms. The van der Waals surface area contributed by atoms with Crippen LogP contribution >= 0.6 is 0 Å². The zero-order valence-electron chi connectivity index (χ0n) is 21.4. The van der Waals surface area contributed by atoms with Crippen molar-refractivity contribution in [2.24, 2.45) is 5.92 Å². The van der Waals surface area contributed by atoms with Gasteiger partial charge in [-0.05, 0) is 54.4 Å². The molecule has 0 radical (unpaired) electrons. The van der Waals surface area contributed by atoms with Gasteiger partial charge < -0.3 is 14.7 Å². The van der Waals surface area contributed by atoms with E-state index < -0.39 is 0 Å².